The average molecular weight is 234 g/mol. The summed E-state index contributed by atoms with van der Waals surface area (Å²) in [5.74, 6) is -0.0435. The number of benzene rings is 1. The molecule has 1 aromatic rings. The first-order chi connectivity index (χ1) is 8.16. The van der Waals surface area contributed by atoms with E-state index in [1.807, 2.05) is 13.0 Å². The molecule has 0 radical (unpaired) electrons. The molecule has 1 heterocycles. The van der Waals surface area contributed by atoms with Crippen molar-refractivity contribution in [2.75, 3.05) is 18.9 Å². The van der Waals surface area contributed by atoms with Crippen LogP contribution in [-0.4, -0.2) is 25.2 Å². The summed E-state index contributed by atoms with van der Waals surface area (Å²) in [5, 5.41) is 2.99. The number of hydrogen-bond acceptors (Lipinski definition) is 3. The molecule has 17 heavy (non-hydrogen) atoms. The third kappa shape index (κ3) is 2.97. The van der Waals surface area contributed by atoms with Crippen molar-refractivity contribution in [2.45, 2.75) is 25.8 Å². The number of nitrogens with two attached hydrogens (primary N) is 1. The summed E-state index contributed by atoms with van der Waals surface area (Å²) < 4.78 is 5.33. The maximum atomic E-state index is 12.0. The maximum absolute atomic E-state index is 12.0. The van der Waals surface area contributed by atoms with Gasteiger partial charge in [0.2, 0.25) is 0 Å². The Morgan fingerprint density at radius 2 is 2.35 bits per heavy atom. The Kier molecular flexibility index (Phi) is 3.64. The predicted octanol–water partition coefficient (Wildman–Crippen LogP) is 1.49. The molecule has 1 unspecified atom stereocenters. The second-order valence-electron chi connectivity index (χ2n) is 4.46. The topological polar surface area (TPSA) is 64.4 Å². The molecule has 2 rings (SSSR count). The third-order valence-corrected chi connectivity index (χ3v) is 2.99. The highest BCUT2D eigenvalue weighted by atomic mass is 16.5. The molecule has 1 atom stereocenters. The summed E-state index contributed by atoms with van der Waals surface area (Å²) in [4.78, 5) is 12.0. The zero-order valence-corrected chi connectivity index (χ0v) is 10.0. The van der Waals surface area contributed by atoms with Gasteiger partial charge < -0.3 is 15.8 Å². The highest BCUT2D eigenvalue weighted by molar-refractivity contribution is 5.96. The Morgan fingerprint density at radius 1 is 1.53 bits per heavy atom. The first kappa shape index (κ1) is 11.9. The fourth-order valence-electron chi connectivity index (χ4n) is 2.06. The van der Waals surface area contributed by atoms with E-state index < -0.39 is 0 Å². The Morgan fingerprint density at radius 3 is 3.00 bits per heavy atom. The largest absolute Gasteiger partial charge is 0.399 e. The van der Waals surface area contributed by atoms with Gasteiger partial charge in [-0.3, -0.25) is 4.79 Å². The molecule has 0 aromatic heterocycles. The Labute approximate surface area is 101 Å². The third-order valence-electron chi connectivity index (χ3n) is 2.99. The number of rotatable bonds is 2. The number of ether oxygens (including phenoxy) is 1. The van der Waals surface area contributed by atoms with Crippen molar-refractivity contribution in [3.63, 3.8) is 0 Å². The molecule has 1 amide bonds. The quantitative estimate of drug-likeness (QED) is 0.762. The minimum absolute atomic E-state index is 0.0435. The Balaban J connectivity index is 2.03. The van der Waals surface area contributed by atoms with E-state index in [1.54, 1.807) is 12.1 Å². The van der Waals surface area contributed by atoms with Gasteiger partial charge in [0, 0.05) is 17.9 Å². The van der Waals surface area contributed by atoms with Gasteiger partial charge in [-0.2, -0.15) is 0 Å². The minimum atomic E-state index is -0.0435. The second kappa shape index (κ2) is 5.19. The van der Waals surface area contributed by atoms with Crippen LogP contribution in [0.2, 0.25) is 0 Å². The lowest BCUT2D eigenvalue weighted by atomic mass is 10.1. The Hall–Kier alpha value is -1.55. The van der Waals surface area contributed by atoms with Crippen LogP contribution in [0.25, 0.3) is 0 Å². The van der Waals surface area contributed by atoms with E-state index in [0.717, 1.165) is 25.0 Å². The summed E-state index contributed by atoms with van der Waals surface area (Å²) in [7, 11) is 0. The van der Waals surface area contributed by atoms with Crippen LogP contribution in [-0.2, 0) is 4.74 Å². The van der Waals surface area contributed by atoms with Gasteiger partial charge in [-0.1, -0.05) is 0 Å². The van der Waals surface area contributed by atoms with Crippen LogP contribution in [0.3, 0.4) is 0 Å². The van der Waals surface area contributed by atoms with E-state index in [1.165, 1.54) is 0 Å². The van der Waals surface area contributed by atoms with Crippen molar-refractivity contribution in [1.29, 1.82) is 0 Å². The smallest absolute Gasteiger partial charge is 0.251 e. The first-order valence-electron chi connectivity index (χ1n) is 5.91. The van der Waals surface area contributed by atoms with Crippen LogP contribution in [0.5, 0.6) is 0 Å². The highest BCUT2D eigenvalue weighted by Gasteiger charge is 2.17. The summed E-state index contributed by atoms with van der Waals surface area (Å²) >= 11 is 0. The molecule has 4 heteroatoms. The first-order valence-corrected chi connectivity index (χ1v) is 5.91. The fourth-order valence-corrected chi connectivity index (χ4v) is 2.06. The number of amides is 1. The van der Waals surface area contributed by atoms with Gasteiger partial charge in [-0.25, -0.2) is 0 Å². The molecule has 1 saturated heterocycles. The molecule has 0 spiro atoms. The summed E-state index contributed by atoms with van der Waals surface area (Å²) in [5.41, 5.74) is 7.93. The van der Waals surface area contributed by atoms with E-state index in [9.17, 15) is 4.79 Å². The monoisotopic (exact) mass is 234 g/mol. The number of carbonyl (C=O) groups excluding carboxylic acids is 1. The van der Waals surface area contributed by atoms with Crippen LogP contribution >= 0.6 is 0 Å². The molecular weight excluding hydrogens is 216 g/mol. The van der Waals surface area contributed by atoms with Crippen LogP contribution in [0, 0.1) is 6.92 Å². The van der Waals surface area contributed by atoms with Crippen LogP contribution in [0.4, 0.5) is 5.69 Å². The van der Waals surface area contributed by atoms with Crippen LogP contribution in [0.15, 0.2) is 18.2 Å². The predicted molar refractivity (Wildman–Crippen MR) is 66.9 cm³/mol. The van der Waals surface area contributed by atoms with E-state index >= 15 is 0 Å². The van der Waals surface area contributed by atoms with E-state index in [2.05, 4.69) is 5.32 Å². The molecule has 92 valence electrons. The van der Waals surface area contributed by atoms with Gasteiger partial charge in [0.25, 0.3) is 5.91 Å². The SMILES string of the molecule is Cc1cc(N)ccc1C(=O)NC1CCCOC1. The standard InChI is InChI=1S/C13H18N2O2/c1-9-7-10(14)4-5-12(9)13(16)15-11-3-2-6-17-8-11/h4-5,7,11H,2-3,6,8,14H2,1H3,(H,15,16). The number of aryl methyl sites for hydroxylation is 1. The van der Waals surface area contributed by atoms with Gasteiger partial charge in [0.05, 0.1) is 12.6 Å². The molecule has 1 aliphatic heterocycles. The number of carbonyl (C=O) groups is 1. The number of nitrogens with one attached hydrogen (secondary N) is 1. The van der Waals surface area contributed by atoms with Crippen molar-refractivity contribution < 1.29 is 9.53 Å². The van der Waals surface area contributed by atoms with Crippen LogP contribution in [0.1, 0.15) is 28.8 Å². The molecular formula is C13H18N2O2. The number of anilines is 1. The van der Waals surface area contributed by atoms with Crippen LogP contribution < -0.4 is 11.1 Å². The molecule has 1 fully saturated rings. The van der Waals surface area contributed by atoms with Crippen molar-refractivity contribution in [2.24, 2.45) is 0 Å². The molecule has 4 nitrogen and oxygen atoms in total. The van der Waals surface area contributed by atoms with Gasteiger partial charge in [0.1, 0.15) is 0 Å². The summed E-state index contributed by atoms with van der Waals surface area (Å²) in [6.45, 7) is 3.30. The molecule has 0 aliphatic carbocycles. The van der Waals surface area contributed by atoms with Gasteiger partial charge >= 0.3 is 0 Å². The molecule has 0 bridgehead atoms. The average Bonchev–Trinajstić information content (AvgIpc) is 2.30. The summed E-state index contributed by atoms with van der Waals surface area (Å²) in [6, 6.07) is 5.46. The normalized spacial score (nSPS) is 19.9. The van der Waals surface area contributed by atoms with Crippen molar-refractivity contribution in [3.05, 3.63) is 29.3 Å². The lowest BCUT2D eigenvalue weighted by Gasteiger charge is -2.23. The molecule has 1 aromatic carbocycles. The van der Waals surface area contributed by atoms with E-state index in [0.29, 0.717) is 17.9 Å². The van der Waals surface area contributed by atoms with Gasteiger partial charge in [-0.05, 0) is 43.5 Å². The van der Waals surface area contributed by atoms with Gasteiger partial charge in [0.15, 0.2) is 0 Å². The number of hydrogen-bond donors (Lipinski definition) is 2. The molecule has 1 aliphatic rings. The zero-order chi connectivity index (χ0) is 12.3. The van der Waals surface area contributed by atoms with Gasteiger partial charge in [-0.15, -0.1) is 0 Å². The number of nitrogen functional groups attached to an aromatic ring is 1. The highest BCUT2D eigenvalue weighted by Crippen LogP contribution is 2.13. The second-order valence-corrected chi connectivity index (χ2v) is 4.46. The molecule has 0 saturated carbocycles. The summed E-state index contributed by atoms with van der Waals surface area (Å²) in [6.07, 6.45) is 1.99. The lowest BCUT2D eigenvalue weighted by Crippen LogP contribution is -2.40. The van der Waals surface area contributed by atoms with Crippen molar-refractivity contribution in [3.8, 4) is 0 Å². The van der Waals surface area contributed by atoms with Crippen molar-refractivity contribution >= 4 is 11.6 Å². The van der Waals surface area contributed by atoms with E-state index in [4.69, 9.17) is 10.5 Å². The lowest BCUT2D eigenvalue weighted by molar-refractivity contribution is 0.0624. The fraction of sp³-hybridized carbons (Fsp3) is 0.462. The molecule has 3 N–H and O–H groups in total. The van der Waals surface area contributed by atoms with Crippen molar-refractivity contribution in [1.82, 2.24) is 5.32 Å². The zero-order valence-electron chi connectivity index (χ0n) is 10.0. The Bertz CT molecular complexity index is 412. The minimum Gasteiger partial charge on any atom is -0.399 e. The maximum Gasteiger partial charge on any atom is 0.251 e. The van der Waals surface area contributed by atoms with E-state index in [-0.39, 0.29) is 11.9 Å².